The molecule has 0 spiro atoms. The van der Waals surface area contributed by atoms with Crippen LogP contribution in [0, 0.1) is 0 Å². The van der Waals surface area contributed by atoms with Crippen molar-refractivity contribution in [3.8, 4) is 17.1 Å². The van der Waals surface area contributed by atoms with E-state index < -0.39 is 29.7 Å². The van der Waals surface area contributed by atoms with Gasteiger partial charge in [-0.3, -0.25) is 29.4 Å². The van der Waals surface area contributed by atoms with E-state index in [1.54, 1.807) is 25.4 Å². The Morgan fingerprint density at radius 1 is 1.07 bits per heavy atom. The molecule has 4 amide bonds. The van der Waals surface area contributed by atoms with Crippen LogP contribution >= 0.6 is 0 Å². The van der Waals surface area contributed by atoms with Crippen molar-refractivity contribution < 1.29 is 19.2 Å². The van der Waals surface area contributed by atoms with Crippen LogP contribution in [0.3, 0.4) is 0 Å². The van der Waals surface area contributed by atoms with Crippen LogP contribution in [0.2, 0.25) is 0 Å². The number of fused-ring (bicyclic) bond motifs is 1. The van der Waals surface area contributed by atoms with E-state index in [9.17, 15) is 19.2 Å². The van der Waals surface area contributed by atoms with Crippen molar-refractivity contribution in [3.05, 3.63) is 41.7 Å². The standard InChI is InChI=1S/C18H14N8O4/c1-24-15(7-19-22-24)25-8-12(21-23-25)9-2-3-10-11(6-9)18(30)26(17(10)29)13-4-5-14(27)20-16(13)28/h2-3,6-8,13H,4-5H2,1H3,(H,20,27,28). The number of imide groups is 2. The van der Waals surface area contributed by atoms with Crippen molar-refractivity contribution in [1.29, 1.82) is 0 Å². The van der Waals surface area contributed by atoms with Gasteiger partial charge in [0.25, 0.3) is 11.8 Å². The zero-order valence-corrected chi connectivity index (χ0v) is 15.6. The fourth-order valence-electron chi connectivity index (χ4n) is 3.63. The van der Waals surface area contributed by atoms with Gasteiger partial charge in [0.1, 0.15) is 11.7 Å². The lowest BCUT2D eigenvalue weighted by molar-refractivity contribution is -0.136. The molecule has 0 saturated carbocycles. The minimum atomic E-state index is -1.00. The topological polar surface area (TPSA) is 145 Å². The van der Waals surface area contributed by atoms with Gasteiger partial charge in [0.05, 0.1) is 23.5 Å². The zero-order chi connectivity index (χ0) is 21.0. The Balaban J connectivity index is 1.47. The summed E-state index contributed by atoms with van der Waals surface area (Å²) in [5, 5.41) is 18.0. The second-order valence-electron chi connectivity index (χ2n) is 6.97. The number of carbonyl (C=O) groups is 4. The maximum atomic E-state index is 12.9. The molecule has 0 bridgehead atoms. The van der Waals surface area contributed by atoms with E-state index in [1.807, 2.05) is 0 Å². The van der Waals surface area contributed by atoms with Crippen LogP contribution < -0.4 is 5.32 Å². The van der Waals surface area contributed by atoms with E-state index in [1.165, 1.54) is 21.6 Å². The minimum absolute atomic E-state index is 0.0705. The lowest BCUT2D eigenvalue weighted by Gasteiger charge is -2.27. The molecular weight excluding hydrogens is 392 g/mol. The molecule has 30 heavy (non-hydrogen) atoms. The summed E-state index contributed by atoms with van der Waals surface area (Å²) in [5.41, 5.74) is 1.45. The predicted molar refractivity (Wildman–Crippen MR) is 98.0 cm³/mol. The molecule has 12 nitrogen and oxygen atoms in total. The van der Waals surface area contributed by atoms with Gasteiger partial charge in [-0.1, -0.05) is 16.5 Å². The summed E-state index contributed by atoms with van der Waals surface area (Å²) in [6.45, 7) is 0. The summed E-state index contributed by atoms with van der Waals surface area (Å²) in [5.74, 6) is -1.59. The summed E-state index contributed by atoms with van der Waals surface area (Å²) in [7, 11) is 1.72. The minimum Gasteiger partial charge on any atom is -0.295 e. The Hall–Kier alpha value is -4.22. The van der Waals surface area contributed by atoms with Gasteiger partial charge in [0, 0.05) is 19.0 Å². The van der Waals surface area contributed by atoms with Gasteiger partial charge in [0.15, 0.2) is 5.82 Å². The molecule has 2 aliphatic rings. The highest BCUT2D eigenvalue weighted by molar-refractivity contribution is 6.23. The number of nitrogens with zero attached hydrogens (tertiary/aromatic N) is 7. The maximum absolute atomic E-state index is 12.9. The molecule has 1 atom stereocenters. The first kappa shape index (κ1) is 17.8. The molecule has 5 rings (SSSR count). The van der Waals surface area contributed by atoms with Gasteiger partial charge < -0.3 is 0 Å². The summed E-state index contributed by atoms with van der Waals surface area (Å²) in [4.78, 5) is 50.2. The summed E-state index contributed by atoms with van der Waals surface area (Å²) in [6, 6.07) is 3.74. The number of nitrogens with one attached hydrogen (secondary N) is 1. The van der Waals surface area contributed by atoms with Crippen LogP contribution in [0.1, 0.15) is 33.6 Å². The first-order valence-corrected chi connectivity index (χ1v) is 9.07. The molecule has 1 fully saturated rings. The SMILES string of the molecule is Cn1nncc1-n1cc(-c2ccc3c(c2)C(=O)N(C2CCC(=O)NC2=O)C3=O)nn1. The predicted octanol–water partition coefficient (Wildman–Crippen LogP) is -0.536. The Labute approximate surface area is 168 Å². The van der Waals surface area contributed by atoms with Crippen LogP contribution in [0.15, 0.2) is 30.6 Å². The van der Waals surface area contributed by atoms with Crippen LogP contribution in [-0.4, -0.2) is 64.6 Å². The number of aryl methyl sites for hydroxylation is 1. The lowest BCUT2D eigenvalue weighted by Crippen LogP contribution is -2.54. The molecule has 1 unspecified atom stereocenters. The first-order chi connectivity index (χ1) is 14.4. The van der Waals surface area contributed by atoms with E-state index >= 15 is 0 Å². The second-order valence-corrected chi connectivity index (χ2v) is 6.97. The highest BCUT2D eigenvalue weighted by atomic mass is 16.2. The lowest BCUT2D eigenvalue weighted by atomic mass is 10.0. The van der Waals surface area contributed by atoms with Crippen molar-refractivity contribution >= 4 is 23.6 Å². The van der Waals surface area contributed by atoms with E-state index in [0.717, 1.165) is 4.90 Å². The monoisotopic (exact) mass is 406 g/mol. The molecule has 12 heteroatoms. The number of amides is 4. The van der Waals surface area contributed by atoms with Gasteiger partial charge in [0.2, 0.25) is 11.8 Å². The van der Waals surface area contributed by atoms with E-state index in [2.05, 4.69) is 25.9 Å². The van der Waals surface area contributed by atoms with Crippen molar-refractivity contribution in [3.63, 3.8) is 0 Å². The summed E-state index contributed by atoms with van der Waals surface area (Å²) < 4.78 is 3.02. The average molecular weight is 406 g/mol. The summed E-state index contributed by atoms with van der Waals surface area (Å²) in [6.07, 6.45) is 3.36. The van der Waals surface area contributed by atoms with E-state index in [-0.39, 0.29) is 24.0 Å². The van der Waals surface area contributed by atoms with Gasteiger partial charge in [-0.05, 0) is 18.6 Å². The highest BCUT2D eigenvalue weighted by Gasteiger charge is 2.44. The molecule has 2 aliphatic heterocycles. The highest BCUT2D eigenvalue weighted by Crippen LogP contribution is 2.30. The number of hydrogen-bond donors (Lipinski definition) is 1. The molecule has 1 aromatic carbocycles. The third kappa shape index (κ3) is 2.61. The number of carbonyl (C=O) groups excluding carboxylic acids is 4. The van der Waals surface area contributed by atoms with Gasteiger partial charge >= 0.3 is 0 Å². The van der Waals surface area contributed by atoms with Crippen molar-refractivity contribution in [2.45, 2.75) is 18.9 Å². The normalized spacial score (nSPS) is 18.7. The Kier molecular flexibility index (Phi) is 3.81. The van der Waals surface area contributed by atoms with Crippen molar-refractivity contribution in [2.24, 2.45) is 7.05 Å². The van der Waals surface area contributed by atoms with Gasteiger partial charge in [-0.25, -0.2) is 9.36 Å². The third-order valence-electron chi connectivity index (χ3n) is 5.15. The smallest absolute Gasteiger partial charge is 0.262 e. The molecule has 4 heterocycles. The first-order valence-electron chi connectivity index (χ1n) is 9.07. The van der Waals surface area contributed by atoms with Crippen LogP contribution in [-0.2, 0) is 16.6 Å². The number of aromatic nitrogens is 6. The van der Waals surface area contributed by atoms with E-state index in [0.29, 0.717) is 17.1 Å². The largest absolute Gasteiger partial charge is 0.295 e. The molecule has 1 N–H and O–H groups in total. The van der Waals surface area contributed by atoms with Crippen molar-refractivity contribution in [1.82, 2.24) is 40.2 Å². The van der Waals surface area contributed by atoms with Crippen molar-refractivity contribution in [2.75, 3.05) is 0 Å². The van der Waals surface area contributed by atoms with Crippen LogP contribution in [0.5, 0.6) is 0 Å². The Morgan fingerprint density at radius 3 is 2.60 bits per heavy atom. The molecule has 0 radical (unpaired) electrons. The number of hydrogen-bond acceptors (Lipinski definition) is 8. The molecule has 0 aliphatic carbocycles. The van der Waals surface area contributed by atoms with Crippen LogP contribution in [0.4, 0.5) is 0 Å². The number of benzene rings is 1. The number of piperidine rings is 1. The Morgan fingerprint density at radius 2 is 1.87 bits per heavy atom. The van der Waals surface area contributed by atoms with Gasteiger partial charge in [-0.2, -0.15) is 0 Å². The fraction of sp³-hybridized carbons (Fsp3) is 0.222. The summed E-state index contributed by atoms with van der Waals surface area (Å²) >= 11 is 0. The molecule has 150 valence electrons. The van der Waals surface area contributed by atoms with Gasteiger partial charge in [-0.15, -0.1) is 10.2 Å². The Bertz CT molecular complexity index is 1240. The average Bonchev–Trinajstić information content (AvgIpc) is 3.42. The number of rotatable bonds is 3. The fourth-order valence-corrected chi connectivity index (χ4v) is 3.63. The molecule has 3 aromatic rings. The third-order valence-corrected chi connectivity index (χ3v) is 5.15. The molecule has 1 saturated heterocycles. The zero-order valence-electron chi connectivity index (χ0n) is 15.6. The van der Waals surface area contributed by atoms with E-state index in [4.69, 9.17) is 0 Å². The molecule has 2 aromatic heterocycles. The maximum Gasteiger partial charge on any atom is 0.262 e. The molecular formula is C18H14N8O4. The quantitative estimate of drug-likeness (QED) is 0.571. The second kappa shape index (κ2) is 6.40. The van der Waals surface area contributed by atoms with Crippen LogP contribution in [0.25, 0.3) is 17.1 Å².